The molecule has 0 heterocycles. The van der Waals surface area contributed by atoms with Crippen molar-refractivity contribution in [3.8, 4) is 0 Å². The van der Waals surface area contributed by atoms with E-state index in [4.69, 9.17) is 23.2 Å². The highest BCUT2D eigenvalue weighted by atomic mass is 79.9. The third kappa shape index (κ3) is 5.11. The molecular formula is C15H13BrCl2N2O3S. The number of hydrogen-bond donors (Lipinski definition) is 2. The summed E-state index contributed by atoms with van der Waals surface area (Å²) in [4.78, 5) is 11.3. The zero-order chi connectivity index (χ0) is 17.9. The van der Waals surface area contributed by atoms with E-state index in [0.29, 0.717) is 15.7 Å². The van der Waals surface area contributed by atoms with Gasteiger partial charge in [-0.15, -0.1) is 0 Å². The van der Waals surface area contributed by atoms with Gasteiger partial charge in [-0.1, -0.05) is 39.1 Å². The van der Waals surface area contributed by atoms with Crippen molar-refractivity contribution < 1.29 is 13.2 Å². The van der Waals surface area contributed by atoms with E-state index >= 15 is 0 Å². The molecule has 128 valence electrons. The molecule has 0 fully saturated rings. The summed E-state index contributed by atoms with van der Waals surface area (Å²) in [6, 6.07) is 10.2. The predicted octanol–water partition coefficient (Wildman–Crippen LogP) is 4.52. The molecule has 1 atom stereocenters. The number of anilines is 2. The van der Waals surface area contributed by atoms with Crippen molar-refractivity contribution in [2.24, 2.45) is 0 Å². The minimum Gasteiger partial charge on any atom is -0.325 e. The van der Waals surface area contributed by atoms with Gasteiger partial charge in [-0.2, -0.15) is 0 Å². The van der Waals surface area contributed by atoms with Crippen molar-refractivity contribution in [3.63, 3.8) is 0 Å². The largest absolute Gasteiger partial charge is 0.325 e. The number of hydrogen-bond acceptors (Lipinski definition) is 3. The summed E-state index contributed by atoms with van der Waals surface area (Å²) >= 11 is 14.9. The second kappa shape index (κ2) is 7.74. The molecule has 0 spiro atoms. The molecule has 24 heavy (non-hydrogen) atoms. The third-order valence-corrected chi connectivity index (χ3v) is 5.16. The summed E-state index contributed by atoms with van der Waals surface area (Å²) in [6.45, 7) is 1.69. The maximum atomic E-state index is 12.4. The molecule has 0 aliphatic heterocycles. The van der Waals surface area contributed by atoms with E-state index in [1.807, 2.05) is 0 Å². The molecule has 5 nitrogen and oxygen atoms in total. The average molecular weight is 452 g/mol. The van der Waals surface area contributed by atoms with Crippen molar-refractivity contribution in [2.75, 3.05) is 10.0 Å². The second-order valence-electron chi connectivity index (χ2n) is 4.89. The van der Waals surface area contributed by atoms with Crippen molar-refractivity contribution in [3.05, 3.63) is 52.5 Å². The van der Waals surface area contributed by atoms with E-state index < -0.39 is 10.0 Å². The highest BCUT2D eigenvalue weighted by Crippen LogP contribution is 2.25. The molecule has 1 amide bonds. The number of benzene rings is 2. The van der Waals surface area contributed by atoms with Crippen LogP contribution in [0.5, 0.6) is 0 Å². The Hall–Kier alpha value is -1.28. The van der Waals surface area contributed by atoms with Gasteiger partial charge in [0.25, 0.3) is 10.0 Å². The number of alkyl halides is 1. The minimum atomic E-state index is -3.80. The van der Waals surface area contributed by atoms with Gasteiger partial charge in [0.1, 0.15) is 0 Å². The van der Waals surface area contributed by atoms with E-state index in [0.717, 1.165) is 0 Å². The van der Waals surface area contributed by atoms with E-state index in [9.17, 15) is 13.2 Å². The molecule has 2 aromatic rings. The molecule has 0 saturated heterocycles. The van der Waals surface area contributed by atoms with Gasteiger partial charge in [0.05, 0.1) is 15.4 Å². The summed E-state index contributed by atoms with van der Waals surface area (Å²) in [5.74, 6) is -0.225. The lowest BCUT2D eigenvalue weighted by Gasteiger charge is -2.10. The quantitative estimate of drug-likeness (QED) is 0.656. The Balaban J connectivity index is 2.19. The summed E-state index contributed by atoms with van der Waals surface area (Å²) in [7, 11) is -3.80. The van der Waals surface area contributed by atoms with Gasteiger partial charge in [-0.3, -0.25) is 9.52 Å². The normalized spacial score (nSPS) is 12.5. The fourth-order valence-corrected chi connectivity index (χ4v) is 3.47. The Labute approximate surface area is 158 Å². The summed E-state index contributed by atoms with van der Waals surface area (Å²) in [5.41, 5.74) is 0.758. The van der Waals surface area contributed by atoms with Crippen LogP contribution in [-0.4, -0.2) is 19.2 Å². The molecule has 0 aliphatic rings. The number of rotatable bonds is 5. The van der Waals surface area contributed by atoms with E-state index in [2.05, 4.69) is 26.0 Å². The molecule has 0 unspecified atom stereocenters. The molecule has 0 aromatic heterocycles. The van der Waals surface area contributed by atoms with Crippen LogP contribution in [-0.2, 0) is 14.8 Å². The summed E-state index contributed by atoms with van der Waals surface area (Å²) in [6.07, 6.45) is 0. The van der Waals surface area contributed by atoms with Crippen LogP contribution in [0.25, 0.3) is 0 Å². The third-order valence-electron chi connectivity index (χ3n) is 2.91. The fourth-order valence-electron chi connectivity index (χ4n) is 1.79. The maximum Gasteiger partial charge on any atom is 0.261 e. The lowest BCUT2D eigenvalue weighted by atomic mass is 10.3. The fraction of sp³-hybridized carbons (Fsp3) is 0.133. The van der Waals surface area contributed by atoms with Crippen LogP contribution in [0.2, 0.25) is 10.0 Å². The maximum absolute atomic E-state index is 12.4. The molecular weight excluding hydrogens is 439 g/mol. The Morgan fingerprint density at radius 2 is 1.58 bits per heavy atom. The van der Waals surface area contributed by atoms with Crippen molar-refractivity contribution in [2.45, 2.75) is 16.6 Å². The van der Waals surface area contributed by atoms with Gasteiger partial charge in [-0.05, 0) is 49.4 Å². The Morgan fingerprint density at radius 3 is 2.08 bits per heavy atom. The van der Waals surface area contributed by atoms with Crippen molar-refractivity contribution >= 4 is 66.4 Å². The smallest absolute Gasteiger partial charge is 0.261 e. The van der Waals surface area contributed by atoms with Crippen LogP contribution < -0.4 is 10.0 Å². The molecule has 2 rings (SSSR count). The van der Waals surface area contributed by atoms with Crippen LogP contribution in [0.15, 0.2) is 47.4 Å². The first-order valence-electron chi connectivity index (χ1n) is 6.71. The summed E-state index contributed by atoms with van der Waals surface area (Å²) < 4.78 is 27.2. The number of nitrogens with one attached hydrogen (secondary N) is 2. The summed E-state index contributed by atoms with van der Waals surface area (Å²) in [5, 5.41) is 3.29. The van der Waals surface area contributed by atoms with Gasteiger partial charge < -0.3 is 5.32 Å². The van der Waals surface area contributed by atoms with Gasteiger partial charge in [0, 0.05) is 15.7 Å². The zero-order valence-corrected chi connectivity index (χ0v) is 16.3. The Bertz CT molecular complexity index is 835. The van der Waals surface area contributed by atoms with Crippen LogP contribution in [0.1, 0.15) is 6.92 Å². The number of sulfonamides is 1. The molecule has 0 bridgehead atoms. The van der Waals surface area contributed by atoms with Crippen LogP contribution in [0.4, 0.5) is 11.4 Å². The van der Waals surface area contributed by atoms with Gasteiger partial charge in [-0.25, -0.2) is 8.42 Å². The van der Waals surface area contributed by atoms with Crippen LogP contribution in [0, 0.1) is 0 Å². The Kier molecular flexibility index (Phi) is 6.14. The zero-order valence-electron chi connectivity index (χ0n) is 12.4. The molecule has 0 radical (unpaired) electrons. The lowest BCUT2D eigenvalue weighted by Crippen LogP contribution is -2.20. The first-order valence-corrected chi connectivity index (χ1v) is 9.87. The highest BCUT2D eigenvalue weighted by molar-refractivity contribution is 9.10. The van der Waals surface area contributed by atoms with E-state index in [1.54, 1.807) is 6.92 Å². The number of carbonyl (C=O) groups is 1. The first kappa shape index (κ1) is 19.1. The van der Waals surface area contributed by atoms with Crippen LogP contribution in [0.3, 0.4) is 0 Å². The molecule has 9 heteroatoms. The number of carbonyl (C=O) groups excluding carboxylic acids is 1. The first-order chi connectivity index (χ1) is 11.2. The second-order valence-corrected chi connectivity index (χ2v) is 8.82. The van der Waals surface area contributed by atoms with Crippen molar-refractivity contribution in [1.82, 2.24) is 0 Å². The number of amides is 1. The molecule has 2 aromatic carbocycles. The molecule has 2 N–H and O–H groups in total. The average Bonchev–Trinajstić information content (AvgIpc) is 2.46. The molecule has 0 saturated carbocycles. The topological polar surface area (TPSA) is 75.3 Å². The van der Waals surface area contributed by atoms with Crippen LogP contribution >= 0.6 is 39.1 Å². The monoisotopic (exact) mass is 450 g/mol. The Morgan fingerprint density at radius 1 is 1.04 bits per heavy atom. The minimum absolute atomic E-state index is 0.0449. The van der Waals surface area contributed by atoms with Crippen molar-refractivity contribution in [1.29, 1.82) is 0 Å². The SMILES string of the molecule is C[C@@H](Br)C(=O)Nc1ccc(S(=O)(=O)Nc2cc(Cl)cc(Cl)c2)cc1. The van der Waals surface area contributed by atoms with E-state index in [-0.39, 0.29) is 21.3 Å². The lowest BCUT2D eigenvalue weighted by molar-refractivity contribution is -0.115. The predicted molar refractivity (Wildman–Crippen MR) is 101 cm³/mol. The standard InChI is InChI=1S/C15H13BrCl2N2O3S/c1-9(16)15(21)19-12-2-4-14(5-3-12)24(22,23)20-13-7-10(17)6-11(18)8-13/h2-9,20H,1H3,(H,19,21)/t9-/m1/s1. The van der Waals surface area contributed by atoms with Gasteiger partial charge in [0.15, 0.2) is 0 Å². The van der Waals surface area contributed by atoms with Gasteiger partial charge >= 0.3 is 0 Å². The number of halogens is 3. The van der Waals surface area contributed by atoms with Gasteiger partial charge in [0.2, 0.25) is 5.91 Å². The highest BCUT2D eigenvalue weighted by Gasteiger charge is 2.15. The van der Waals surface area contributed by atoms with E-state index in [1.165, 1.54) is 42.5 Å². The molecule has 0 aliphatic carbocycles.